The summed E-state index contributed by atoms with van der Waals surface area (Å²) in [4.78, 5) is 17.8. The number of hydrogen-bond donors (Lipinski definition) is 2. The Balaban J connectivity index is 2.63. The van der Waals surface area contributed by atoms with Gasteiger partial charge in [-0.05, 0) is 44.7 Å². The average molecular weight is 385 g/mol. The summed E-state index contributed by atoms with van der Waals surface area (Å²) >= 11 is 0. The van der Waals surface area contributed by atoms with Crippen molar-refractivity contribution >= 4 is 17.4 Å². The lowest BCUT2D eigenvalue weighted by Gasteiger charge is -2.22. The van der Waals surface area contributed by atoms with E-state index >= 15 is 0 Å². The molecule has 0 saturated heterocycles. The molecule has 0 aliphatic heterocycles. The number of amides is 1. The maximum atomic E-state index is 12.9. The van der Waals surface area contributed by atoms with Gasteiger partial charge in [0.1, 0.15) is 5.82 Å². The molecule has 0 atom stereocenters. The molecule has 28 heavy (non-hydrogen) atoms. The van der Waals surface area contributed by atoms with Crippen molar-refractivity contribution in [2.45, 2.75) is 79.7 Å². The maximum Gasteiger partial charge on any atom is 0.271 e. The van der Waals surface area contributed by atoms with E-state index < -0.39 is 0 Å². The van der Waals surface area contributed by atoms with Gasteiger partial charge in [0, 0.05) is 25.2 Å². The number of hydrogen-bond acceptors (Lipinski definition) is 3. The molecule has 0 aliphatic carbocycles. The van der Waals surface area contributed by atoms with Gasteiger partial charge in [-0.3, -0.25) is 4.79 Å². The summed E-state index contributed by atoms with van der Waals surface area (Å²) < 4.78 is 2.19. The van der Waals surface area contributed by atoms with Crippen LogP contribution in [0.1, 0.15) is 85.5 Å². The zero-order valence-electron chi connectivity index (χ0n) is 18.6. The molecule has 1 aromatic carbocycles. The van der Waals surface area contributed by atoms with E-state index in [0.29, 0.717) is 17.6 Å². The third kappa shape index (κ3) is 4.57. The molecule has 5 nitrogen and oxygen atoms in total. The van der Waals surface area contributed by atoms with Crippen LogP contribution in [0.15, 0.2) is 12.1 Å². The van der Waals surface area contributed by atoms with E-state index in [1.807, 2.05) is 0 Å². The Hall–Kier alpha value is -2.30. The second kappa shape index (κ2) is 9.76. The maximum absolute atomic E-state index is 12.9. The summed E-state index contributed by atoms with van der Waals surface area (Å²) in [6, 6.07) is 4.60. The van der Waals surface area contributed by atoms with Crippen LogP contribution in [0.3, 0.4) is 0 Å². The molecule has 1 aromatic heterocycles. The van der Waals surface area contributed by atoms with E-state index in [4.69, 9.17) is 4.98 Å². The van der Waals surface area contributed by atoms with Crippen molar-refractivity contribution in [3.63, 3.8) is 0 Å². The fourth-order valence-corrected chi connectivity index (χ4v) is 4.11. The first-order chi connectivity index (χ1) is 13.4. The number of carbonyl (C=O) groups excluding carboxylic acids is 1. The second-order valence-electron chi connectivity index (χ2n) is 7.66. The number of nitrogens with zero attached hydrogens (tertiary/aromatic N) is 2. The van der Waals surface area contributed by atoms with Gasteiger partial charge in [-0.2, -0.15) is 0 Å². The molecule has 154 valence electrons. The zero-order valence-corrected chi connectivity index (χ0v) is 18.6. The Morgan fingerprint density at radius 1 is 1.07 bits per heavy atom. The van der Waals surface area contributed by atoms with Crippen LogP contribution in [0.25, 0.3) is 0 Å². The minimum Gasteiger partial charge on any atom is -0.354 e. The van der Waals surface area contributed by atoms with Crippen LogP contribution in [0.2, 0.25) is 0 Å². The summed E-state index contributed by atoms with van der Waals surface area (Å²) in [7, 11) is 1.69. The molecule has 0 bridgehead atoms. The topological polar surface area (TPSA) is 59.0 Å². The van der Waals surface area contributed by atoms with E-state index in [-0.39, 0.29) is 5.91 Å². The van der Waals surface area contributed by atoms with Gasteiger partial charge >= 0.3 is 0 Å². The van der Waals surface area contributed by atoms with Crippen LogP contribution in [0.4, 0.5) is 11.5 Å². The van der Waals surface area contributed by atoms with Crippen molar-refractivity contribution in [1.29, 1.82) is 0 Å². The molecule has 2 rings (SSSR count). The standard InChI is InChI=1S/C23H36N4O/c1-8-11-18(12-9-2)27-19(10-3)25-22(21(27)23(28)24-7)26-20-16(5)13-15(4)14-17(20)6/h13-14,18,26H,8-12H2,1-7H3,(H,24,28). The van der Waals surface area contributed by atoms with Crippen LogP contribution in [-0.4, -0.2) is 22.5 Å². The van der Waals surface area contributed by atoms with Gasteiger partial charge in [0.05, 0.1) is 0 Å². The Labute approximate surface area is 169 Å². The van der Waals surface area contributed by atoms with Gasteiger partial charge in [0.25, 0.3) is 5.91 Å². The van der Waals surface area contributed by atoms with Gasteiger partial charge in [0.2, 0.25) is 0 Å². The molecular weight excluding hydrogens is 348 g/mol. The molecule has 1 heterocycles. The lowest BCUT2D eigenvalue weighted by atomic mass is 10.0. The minimum atomic E-state index is -0.0886. The highest BCUT2D eigenvalue weighted by molar-refractivity contribution is 5.98. The smallest absolute Gasteiger partial charge is 0.271 e. The van der Waals surface area contributed by atoms with Crippen molar-refractivity contribution in [2.24, 2.45) is 0 Å². The number of aromatic nitrogens is 2. The first-order valence-corrected chi connectivity index (χ1v) is 10.6. The third-order valence-electron chi connectivity index (χ3n) is 5.27. The first kappa shape index (κ1) is 22.0. The van der Waals surface area contributed by atoms with Gasteiger partial charge in [-0.25, -0.2) is 4.98 Å². The normalized spacial score (nSPS) is 11.1. The molecule has 0 unspecified atom stereocenters. The molecule has 0 fully saturated rings. The quantitative estimate of drug-likeness (QED) is 0.590. The number of nitrogens with one attached hydrogen (secondary N) is 2. The zero-order chi connectivity index (χ0) is 20.8. The molecule has 5 heteroatoms. The number of aryl methyl sites for hydroxylation is 4. The predicted octanol–water partition coefficient (Wildman–Crippen LogP) is 5.62. The van der Waals surface area contributed by atoms with E-state index in [2.05, 4.69) is 68.9 Å². The fraction of sp³-hybridized carbons (Fsp3) is 0.565. The number of rotatable bonds is 9. The lowest BCUT2D eigenvalue weighted by Crippen LogP contribution is -2.25. The second-order valence-corrected chi connectivity index (χ2v) is 7.66. The fourth-order valence-electron chi connectivity index (χ4n) is 4.11. The van der Waals surface area contributed by atoms with E-state index in [1.54, 1.807) is 7.05 Å². The molecule has 0 saturated carbocycles. The van der Waals surface area contributed by atoms with Gasteiger partial charge in [0.15, 0.2) is 11.5 Å². The van der Waals surface area contributed by atoms with Crippen LogP contribution in [0, 0.1) is 20.8 Å². The number of imidazole rings is 1. The van der Waals surface area contributed by atoms with Crippen molar-refractivity contribution in [1.82, 2.24) is 14.9 Å². The monoisotopic (exact) mass is 384 g/mol. The Morgan fingerprint density at radius 2 is 1.64 bits per heavy atom. The highest BCUT2D eigenvalue weighted by atomic mass is 16.1. The summed E-state index contributed by atoms with van der Waals surface area (Å²) in [5, 5.41) is 6.32. The van der Waals surface area contributed by atoms with Crippen LogP contribution in [-0.2, 0) is 6.42 Å². The van der Waals surface area contributed by atoms with E-state index in [9.17, 15) is 4.79 Å². The highest BCUT2D eigenvalue weighted by Crippen LogP contribution is 2.32. The van der Waals surface area contributed by atoms with Crippen molar-refractivity contribution in [3.8, 4) is 0 Å². The van der Waals surface area contributed by atoms with Crippen LogP contribution in [0.5, 0.6) is 0 Å². The van der Waals surface area contributed by atoms with E-state index in [1.165, 1.54) is 5.56 Å². The van der Waals surface area contributed by atoms with Crippen molar-refractivity contribution in [3.05, 3.63) is 40.3 Å². The van der Waals surface area contributed by atoms with Crippen molar-refractivity contribution < 1.29 is 4.79 Å². The molecule has 1 amide bonds. The highest BCUT2D eigenvalue weighted by Gasteiger charge is 2.26. The summed E-state index contributed by atoms with van der Waals surface area (Å²) in [5.74, 6) is 1.54. The molecule has 0 radical (unpaired) electrons. The average Bonchev–Trinajstić information content (AvgIpc) is 3.02. The summed E-state index contributed by atoms with van der Waals surface area (Å²) in [5.41, 5.74) is 5.23. The summed E-state index contributed by atoms with van der Waals surface area (Å²) in [6.45, 7) is 12.8. The Kier molecular flexibility index (Phi) is 7.67. The molecule has 2 aromatic rings. The van der Waals surface area contributed by atoms with E-state index in [0.717, 1.165) is 54.7 Å². The summed E-state index contributed by atoms with van der Waals surface area (Å²) in [6.07, 6.45) is 5.05. The predicted molar refractivity (Wildman–Crippen MR) is 118 cm³/mol. The first-order valence-electron chi connectivity index (χ1n) is 10.6. The SMILES string of the molecule is CCCC(CCC)n1c(CC)nc(Nc2c(C)cc(C)cc2C)c1C(=O)NC. The Bertz CT molecular complexity index is 793. The largest absolute Gasteiger partial charge is 0.354 e. The van der Waals surface area contributed by atoms with Gasteiger partial charge in [-0.15, -0.1) is 0 Å². The molecule has 0 aliphatic rings. The number of benzene rings is 1. The van der Waals surface area contributed by atoms with Gasteiger partial charge < -0.3 is 15.2 Å². The third-order valence-corrected chi connectivity index (χ3v) is 5.27. The number of carbonyl (C=O) groups is 1. The van der Waals surface area contributed by atoms with Crippen LogP contribution >= 0.6 is 0 Å². The Morgan fingerprint density at radius 3 is 2.11 bits per heavy atom. The van der Waals surface area contributed by atoms with Gasteiger partial charge in [-0.1, -0.05) is 51.3 Å². The van der Waals surface area contributed by atoms with Crippen LogP contribution < -0.4 is 10.6 Å². The minimum absolute atomic E-state index is 0.0886. The molecular formula is C23H36N4O. The molecule has 2 N–H and O–H groups in total. The lowest BCUT2D eigenvalue weighted by molar-refractivity contribution is 0.0951. The van der Waals surface area contributed by atoms with Crippen molar-refractivity contribution in [2.75, 3.05) is 12.4 Å². The molecule has 0 spiro atoms. The number of anilines is 2.